The van der Waals surface area contributed by atoms with Gasteiger partial charge in [-0.2, -0.15) is 8.42 Å². The van der Waals surface area contributed by atoms with Crippen LogP contribution in [0.1, 0.15) is 181 Å². The summed E-state index contributed by atoms with van der Waals surface area (Å²) in [6.45, 7) is 4.97. The Balaban J connectivity index is 4.44. The first-order valence-electron chi connectivity index (χ1n) is 18.7. The van der Waals surface area contributed by atoms with E-state index in [0.29, 0.717) is 13.2 Å². The van der Waals surface area contributed by atoms with Crippen molar-refractivity contribution in [2.45, 2.75) is 186 Å². The number of aliphatic carboxylic acids is 2. The van der Waals surface area contributed by atoms with Gasteiger partial charge in [0, 0.05) is 26.4 Å². The van der Waals surface area contributed by atoms with Crippen LogP contribution in [0.3, 0.4) is 0 Å². The summed E-state index contributed by atoms with van der Waals surface area (Å²) in [4.78, 5) is 24.4. The number of ether oxygens (including phenoxy) is 2. The quantitative estimate of drug-likeness (QED) is 0.0435. The number of unbranched alkanes of at least 4 members (excludes halogenated alkanes) is 22. The molecule has 1 atom stereocenters. The van der Waals surface area contributed by atoms with Gasteiger partial charge in [0.05, 0.1) is 0 Å². The van der Waals surface area contributed by atoms with E-state index in [0.717, 1.165) is 38.5 Å². The van der Waals surface area contributed by atoms with Gasteiger partial charge >= 0.3 is 11.9 Å². The average Bonchev–Trinajstić information content (AvgIpc) is 2.99. The summed E-state index contributed by atoms with van der Waals surface area (Å²) >= 11 is 0. The summed E-state index contributed by atoms with van der Waals surface area (Å²) < 4.78 is 45.1. The van der Waals surface area contributed by atoms with Gasteiger partial charge in [-0.05, 0) is 25.7 Å². The highest BCUT2D eigenvalue weighted by Gasteiger charge is 2.55. The second kappa shape index (κ2) is 29.9. The molecule has 46 heavy (non-hydrogen) atoms. The van der Waals surface area contributed by atoms with E-state index in [1.807, 2.05) is 0 Å². The third-order valence-corrected chi connectivity index (χ3v) is 10.4. The fourth-order valence-corrected chi connectivity index (χ4v) is 7.33. The molecule has 0 spiro atoms. The van der Waals surface area contributed by atoms with E-state index in [9.17, 15) is 32.8 Å². The Morgan fingerprint density at radius 3 is 1.04 bits per heavy atom. The molecule has 0 saturated carbocycles. The van der Waals surface area contributed by atoms with Crippen LogP contribution in [-0.2, 0) is 29.2 Å². The standard InChI is InChI=1S/C36H70O9S/c1-3-5-7-9-11-13-15-17-19-21-23-25-29-44-31-27-36(35(39)40,33(34(37)38)46(41,42)43)28-32-45-30-26-24-22-20-18-16-14-12-10-8-6-4-2/h33H,3-32H2,1-2H3,(H,37,38)(H,39,40)(H,41,42,43). The van der Waals surface area contributed by atoms with E-state index < -0.39 is 32.7 Å². The number of hydrogen-bond acceptors (Lipinski definition) is 6. The first-order chi connectivity index (χ1) is 22.1. The van der Waals surface area contributed by atoms with Crippen LogP contribution in [0.4, 0.5) is 0 Å². The molecule has 0 aromatic heterocycles. The molecular formula is C36H70O9S. The smallest absolute Gasteiger partial charge is 0.325 e. The van der Waals surface area contributed by atoms with Gasteiger partial charge in [0.25, 0.3) is 10.1 Å². The number of carbonyl (C=O) groups is 2. The normalized spacial score (nSPS) is 12.8. The third-order valence-electron chi connectivity index (χ3n) is 9.12. The predicted octanol–water partition coefficient (Wildman–Crippen LogP) is 9.61. The van der Waals surface area contributed by atoms with Crippen LogP contribution >= 0.6 is 0 Å². The van der Waals surface area contributed by atoms with Crippen molar-refractivity contribution in [3.8, 4) is 0 Å². The summed E-state index contributed by atoms with van der Waals surface area (Å²) in [5.41, 5.74) is -2.27. The molecule has 10 heteroatoms. The summed E-state index contributed by atoms with van der Waals surface area (Å²) in [7, 11) is -5.20. The Bertz CT molecular complexity index is 797. The molecule has 274 valence electrons. The van der Waals surface area contributed by atoms with Crippen LogP contribution in [0.25, 0.3) is 0 Å². The number of carboxylic acid groups (broad SMARTS) is 2. The van der Waals surface area contributed by atoms with E-state index in [4.69, 9.17) is 9.47 Å². The second-order valence-electron chi connectivity index (χ2n) is 13.2. The van der Waals surface area contributed by atoms with Crippen molar-refractivity contribution in [3.05, 3.63) is 0 Å². The Hall–Kier alpha value is -1.23. The van der Waals surface area contributed by atoms with Gasteiger partial charge in [0.15, 0.2) is 5.25 Å². The van der Waals surface area contributed by atoms with Crippen LogP contribution in [0.2, 0.25) is 0 Å². The Labute approximate surface area is 281 Å². The first kappa shape index (κ1) is 44.8. The summed E-state index contributed by atoms with van der Waals surface area (Å²) in [6, 6.07) is 0. The lowest BCUT2D eigenvalue weighted by atomic mass is 9.78. The van der Waals surface area contributed by atoms with Crippen LogP contribution in [-0.4, -0.2) is 66.8 Å². The van der Waals surface area contributed by atoms with Crippen LogP contribution in [0.15, 0.2) is 0 Å². The van der Waals surface area contributed by atoms with Crippen LogP contribution in [0, 0.1) is 5.41 Å². The van der Waals surface area contributed by atoms with Crippen molar-refractivity contribution in [1.82, 2.24) is 0 Å². The topological polar surface area (TPSA) is 147 Å². The van der Waals surface area contributed by atoms with Crippen LogP contribution in [0.5, 0.6) is 0 Å². The maximum Gasteiger partial charge on any atom is 0.325 e. The molecule has 0 aliphatic carbocycles. The molecule has 0 saturated heterocycles. The highest BCUT2D eigenvalue weighted by Crippen LogP contribution is 2.36. The molecule has 0 fully saturated rings. The van der Waals surface area contributed by atoms with Gasteiger partial charge in [0.1, 0.15) is 5.41 Å². The van der Waals surface area contributed by atoms with Gasteiger partial charge < -0.3 is 19.7 Å². The number of hydrogen-bond donors (Lipinski definition) is 3. The molecule has 0 rings (SSSR count). The number of rotatable bonds is 36. The molecule has 0 radical (unpaired) electrons. The SMILES string of the molecule is CCCCCCCCCCCCCCOCCC(CCOCCCCCCCCCCCCCC)(C(=O)O)C(C(=O)O)S(=O)(=O)O. The number of carboxylic acids is 2. The highest BCUT2D eigenvalue weighted by molar-refractivity contribution is 7.87. The third kappa shape index (κ3) is 23.2. The van der Waals surface area contributed by atoms with E-state index >= 15 is 0 Å². The van der Waals surface area contributed by atoms with Gasteiger partial charge in [-0.15, -0.1) is 0 Å². The van der Waals surface area contributed by atoms with Crippen molar-refractivity contribution in [3.63, 3.8) is 0 Å². The summed E-state index contributed by atoms with van der Waals surface area (Å²) in [5.74, 6) is -3.49. The van der Waals surface area contributed by atoms with E-state index in [1.54, 1.807) is 0 Å². The van der Waals surface area contributed by atoms with Gasteiger partial charge in [-0.1, -0.05) is 155 Å². The minimum Gasteiger partial charge on any atom is -0.481 e. The minimum atomic E-state index is -5.20. The molecule has 9 nitrogen and oxygen atoms in total. The zero-order valence-electron chi connectivity index (χ0n) is 29.5. The van der Waals surface area contributed by atoms with Crippen molar-refractivity contribution in [2.24, 2.45) is 5.41 Å². The van der Waals surface area contributed by atoms with Crippen LogP contribution < -0.4 is 0 Å². The maximum absolute atomic E-state index is 12.4. The minimum absolute atomic E-state index is 0.123. The molecule has 3 N–H and O–H groups in total. The predicted molar refractivity (Wildman–Crippen MR) is 186 cm³/mol. The lowest BCUT2D eigenvalue weighted by Gasteiger charge is -2.33. The molecule has 0 heterocycles. The first-order valence-corrected chi connectivity index (χ1v) is 20.2. The Morgan fingerprint density at radius 2 is 0.804 bits per heavy atom. The van der Waals surface area contributed by atoms with Crippen molar-refractivity contribution >= 4 is 22.1 Å². The van der Waals surface area contributed by atoms with Gasteiger partial charge in [0.2, 0.25) is 0 Å². The zero-order chi connectivity index (χ0) is 34.4. The Morgan fingerprint density at radius 1 is 0.522 bits per heavy atom. The molecule has 0 aromatic carbocycles. The Kier molecular flexibility index (Phi) is 29.1. The molecule has 0 amide bonds. The molecule has 1 unspecified atom stereocenters. The maximum atomic E-state index is 12.4. The molecule has 0 aliphatic rings. The monoisotopic (exact) mass is 678 g/mol. The van der Waals surface area contributed by atoms with E-state index in [1.165, 1.54) is 116 Å². The van der Waals surface area contributed by atoms with Gasteiger partial charge in [-0.25, -0.2) is 0 Å². The average molecular weight is 679 g/mol. The molecular weight excluding hydrogens is 608 g/mol. The lowest BCUT2D eigenvalue weighted by molar-refractivity contribution is -0.158. The van der Waals surface area contributed by atoms with Gasteiger partial charge in [-0.3, -0.25) is 14.1 Å². The van der Waals surface area contributed by atoms with E-state index in [-0.39, 0.29) is 26.1 Å². The molecule has 0 aliphatic heterocycles. The molecule has 0 bridgehead atoms. The fraction of sp³-hybridized carbons (Fsp3) is 0.944. The fourth-order valence-electron chi connectivity index (χ4n) is 6.16. The largest absolute Gasteiger partial charge is 0.481 e. The zero-order valence-corrected chi connectivity index (χ0v) is 30.3. The van der Waals surface area contributed by atoms with Crippen molar-refractivity contribution < 1.29 is 42.2 Å². The summed E-state index contributed by atoms with van der Waals surface area (Å²) in [6.07, 6.45) is 28.1. The second-order valence-corrected chi connectivity index (χ2v) is 14.7. The highest BCUT2D eigenvalue weighted by atomic mass is 32.2. The summed E-state index contributed by atoms with van der Waals surface area (Å²) in [5, 5.41) is 17.2. The lowest BCUT2D eigenvalue weighted by Crippen LogP contribution is -2.52. The van der Waals surface area contributed by atoms with Crippen molar-refractivity contribution in [2.75, 3.05) is 26.4 Å². The van der Waals surface area contributed by atoms with E-state index in [2.05, 4.69) is 13.8 Å². The van der Waals surface area contributed by atoms with Crippen molar-refractivity contribution in [1.29, 1.82) is 0 Å². The molecule has 0 aromatic rings.